The number of halogens is 2. The van der Waals surface area contributed by atoms with Crippen molar-refractivity contribution >= 4 is 34.2 Å². The summed E-state index contributed by atoms with van der Waals surface area (Å²) in [5.74, 6) is 0.532. The summed E-state index contributed by atoms with van der Waals surface area (Å²) >= 11 is 8.93. The Morgan fingerprint density at radius 2 is 1.78 bits per heavy atom. The van der Waals surface area contributed by atoms with Crippen molar-refractivity contribution in [1.29, 1.82) is 0 Å². The van der Waals surface area contributed by atoms with Crippen molar-refractivity contribution in [2.75, 3.05) is 0 Å². The first-order valence-corrected chi connectivity index (χ1v) is 7.72. The van der Waals surface area contributed by atoms with Gasteiger partial charge in [-0.3, -0.25) is 0 Å². The third-order valence-electron chi connectivity index (χ3n) is 3.66. The van der Waals surface area contributed by atoms with Gasteiger partial charge in [-0.1, -0.05) is 36.4 Å². The van der Waals surface area contributed by atoms with Gasteiger partial charge in [-0.15, -0.1) is 11.6 Å². The SMILES string of the molecule is ClC1c2ccccc2CC1Cc1ccc(I)cc1. The molecule has 1 aliphatic rings. The molecule has 1 aliphatic carbocycles. The van der Waals surface area contributed by atoms with Gasteiger partial charge in [-0.25, -0.2) is 0 Å². The minimum absolute atomic E-state index is 0.167. The smallest absolute Gasteiger partial charge is 0.0622 e. The van der Waals surface area contributed by atoms with Gasteiger partial charge >= 0.3 is 0 Å². The molecule has 3 rings (SSSR count). The van der Waals surface area contributed by atoms with E-state index in [1.165, 1.54) is 20.3 Å². The van der Waals surface area contributed by atoms with Gasteiger partial charge in [0.05, 0.1) is 5.38 Å². The maximum atomic E-state index is 6.59. The Hall–Kier alpha value is -0.540. The summed E-state index contributed by atoms with van der Waals surface area (Å²) in [4.78, 5) is 0. The van der Waals surface area contributed by atoms with E-state index in [9.17, 15) is 0 Å². The zero-order valence-electron chi connectivity index (χ0n) is 9.94. The molecule has 0 saturated heterocycles. The van der Waals surface area contributed by atoms with Gasteiger partial charge in [0.2, 0.25) is 0 Å². The van der Waals surface area contributed by atoms with E-state index in [-0.39, 0.29) is 5.38 Å². The Bertz CT molecular complexity index is 547. The molecule has 0 aromatic heterocycles. The molecule has 2 aromatic rings. The van der Waals surface area contributed by atoms with Gasteiger partial charge < -0.3 is 0 Å². The van der Waals surface area contributed by atoms with Crippen LogP contribution in [0, 0.1) is 9.49 Å². The topological polar surface area (TPSA) is 0 Å². The first kappa shape index (κ1) is 12.5. The maximum absolute atomic E-state index is 6.59. The number of rotatable bonds is 2. The molecule has 0 bridgehead atoms. The van der Waals surface area contributed by atoms with Crippen molar-refractivity contribution in [3.05, 3.63) is 68.8 Å². The second-order valence-corrected chi connectivity index (χ2v) is 6.61. The first-order chi connectivity index (χ1) is 8.74. The Morgan fingerprint density at radius 1 is 1.06 bits per heavy atom. The van der Waals surface area contributed by atoms with E-state index in [1.54, 1.807) is 0 Å². The second kappa shape index (κ2) is 5.22. The fraction of sp³-hybridized carbons (Fsp3) is 0.250. The minimum Gasteiger partial charge on any atom is -0.117 e. The van der Waals surface area contributed by atoms with Crippen LogP contribution in [0.4, 0.5) is 0 Å². The standard InChI is InChI=1S/C16H14ClI/c17-16-13(9-11-5-7-14(18)8-6-11)10-12-3-1-2-4-15(12)16/h1-8,13,16H,9-10H2. The van der Waals surface area contributed by atoms with E-state index < -0.39 is 0 Å². The van der Waals surface area contributed by atoms with E-state index in [4.69, 9.17) is 11.6 Å². The summed E-state index contributed by atoms with van der Waals surface area (Å²) in [5, 5.41) is 0.167. The van der Waals surface area contributed by atoms with Crippen molar-refractivity contribution in [1.82, 2.24) is 0 Å². The average Bonchev–Trinajstić information content (AvgIpc) is 2.70. The molecule has 2 heteroatoms. The zero-order chi connectivity index (χ0) is 12.5. The van der Waals surface area contributed by atoms with Crippen molar-refractivity contribution < 1.29 is 0 Å². The number of hydrogen-bond acceptors (Lipinski definition) is 0. The van der Waals surface area contributed by atoms with Crippen LogP contribution in [0.2, 0.25) is 0 Å². The zero-order valence-corrected chi connectivity index (χ0v) is 12.9. The lowest BCUT2D eigenvalue weighted by atomic mass is 9.96. The van der Waals surface area contributed by atoms with Crippen LogP contribution in [0.15, 0.2) is 48.5 Å². The van der Waals surface area contributed by atoms with E-state index in [2.05, 4.69) is 71.1 Å². The highest BCUT2D eigenvalue weighted by Gasteiger charge is 2.30. The number of alkyl halides is 1. The molecule has 2 unspecified atom stereocenters. The van der Waals surface area contributed by atoms with Crippen molar-refractivity contribution in [3.8, 4) is 0 Å². The Morgan fingerprint density at radius 3 is 2.50 bits per heavy atom. The summed E-state index contributed by atoms with van der Waals surface area (Å²) in [5.41, 5.74) is 4.14. The van der Waals surface area contributed by atoms with E-state index in [0.717, 1.165) is 12.8 Å². The van der Waals surface area contributed by atoms with Gasteiger partial charge in [0, 0.05) is 3.57 Å². The molecule has 0 heterocycles. The number of hydrogen-bond donors (Lipinski definition) is 0. The first-order valence-electron chi connectivity index (χ1n) is 6.20. The molecule has 0 nitrogen and oxygen atoms in total. The van der Waals surface area contributed by atoms with E-state index in [0.29, 0.717) is 5.92 Å². The molecule has 0 amide bonds. The molecular weight excluding hydrogens is 355 g/mol. The number of fused-ring (bicyclic) bond motifs is 1. The van der Waals surface area contributed by atoms with E-state index in [1.807, 2.05) is 0 Å². The fourth-order valence-corrected chi connectivity index (χ4v) is 3.48. The van der Waals surface area contributed by atoms with Crippen LogP contribution in [0.25, 0.3) is 0 Å². The molecule has 2 atom stereocenters. The summed E-state index contributed by atoms with van der Waals surface area (Å²) in [6.45, 7) is 0. The second-order valence-electron chi connectivity index (χ2n) is 4.90. The van der Waals surface area contributed by atoms with Gasteiger partial charge in [0.25, 0.3) is 0 Å². The largest absolute Gasteiger partial charge is 0.117 e. The van der Waals surface area contributed by atoms with Crippen molar-refractivity contribution in [3.63, 3.8) is 0 Å². The van der Waals surface area contributed by atoms with Crippen LogP contribution in [0.1, 0.15) is 22.1 Å². The molecule has 92 valence electrons. The molecule has 18 heavy (non-hydrogen) atoms. The molecule has 0 spiro atoms. The molecule has 0 saturated carbocycles. The fourth-order valence-electron chi connectivity index (χ4n) is 2.73. The lowest BCUT2D eigenvalue weighted by Gasteiger charge is -2.14. The summed E-state index contributed by atoms with van der Waals surface area (Å²) < 4.78 is 1.29. The molecule has 0 radical (unpaired) electrons. The predicted molar refractivity (Wildman–Crippen MR) is 85.1 cm³/mol. The average molecular weight is 369 g/mol. The summed E-state index contributed by atoms with van der Waals surface area (Å²) in [7, 11) is 0. The van der Waals surface area contributed by atoms with Gasteiger partial charge in [-0.05, 0) is 70.2 Å². The lowest BCUT2D eigenvalue weighted by molar-refractivity contribution is 0.543. The van der Waals surface area contributed by atoms with Gasteiger partial charge in [-0.2, -0.15) is 0 Å². The summed E-state index contributed by atoms with van der Waals surface area (Å²) in [6, 6.07) is 17.3. The number of benzene rings is 2. The summed E-state index contributed by atoms with van der Waals surface area (Å²) in [6.07, 6.45) is 2.18. The Balaban J connectivity index is 1.78. The molecule has 2 aromatic carbocycles. The molecule has 0 aliphatic heterocycles. The third-order valence-corrected chi connectivity index (χ3v) is 4.97. The van der Waals surface area contributed by atoms with Crippen LogP contribution in [-0.4, -0.2) is 0 Å². The quantitative estimate of drug-likeness (QED) is 0.518. The van der Waals surface area contributed by atoms with Crippen LogP contribution in [0.5, 0.6) is 0 Å². The highest BCUT2D eigenvalue weighted by atomic mass is 127. The maximum Gasteiger partial charge on any atom is 0.0622 e. The Labute approximate surface area is 127 Å². The Kier molecular flexibility index (Phi) is 3.62. The van der Waals surface area contributed by atoms with Crippen molar-refractivity contribution in [2.45, 2.75) is 18.2 Å². The van der Waals surface area contributed by atoms with Crippen LogP contribution in [-0.2, 0) is 12.8 Å². The van der Waals surface area contributed by atoms with E-state index >= 15 is 0 Å². The molecular formula is C16H14ClI. The molecule has 0 N–H and O–H groups in total. The van der Waals surface area contributed by atoms with Crippen molar-refractivity contribution in [2.24, 2.45) is 5.92 Å². The predicted octanol–water partition coefficient (Wildman–Crippen LogP) is 4.99. The normalized spacial score (nSPS) is 21.9. The van der Waals surface area contributed by atoms with Crippen LogP contribution >= 0.6 is 34.2 Å². The monoisotopic (exact) mass is 368 g/mol. The highest BCUT2D eigenvalue weighted by Crippen LogP contribution is 2.42. The van der Waals surface area contributed by atoms with Gasteiger partial charge in [0.15, 0.2) is 0 Å². The highest BCUT2D eigenvalue weighted by molar-refractivity contribution is 14.1. The van der Waals surface area contributed by atoms with Gasteiger partial charge in [0.1, 0.15) is 0 Å². The third kappa shape index (κ3) is 2.43. The van der Waals surface area contributed by atoms with Crippen LogP contribution < -0.4 is 0 Å². The lowest BCUT2D eigenvalue weighted by Crippen LogP contribution is -2.06. The molecule has 0 fully saturated rings. The minimum atomic E-state index is 0.167. The van der Waals surface area contributed by atoms with Crippen LogP contribution in [0.3, 0.4) is 0 Å².